The van der Waals surface area contributed by atoms with Crippen molar-refractivity contribution in [2.24, 2.45) is 4.99 Å². The van der Waals surface area contributed by atoms with Gasteiger partial charge in [0, 0.05) is 46.4 Å². The Morgan fingerprint density at radius 1 is 1.30 bits per heavy atom. The van der Waals surface area contributed by atoms with E-state index in [1.165, 1.54) is 5.56 Å². The molecule has 0 spiro atoms. The Morgan fingerprint density at radius 3 is 2.63 bits per heavy atom. The molecule has 0 radical (unpaired) electrons. The Morgan fingerprint density at radius 2 is 2.04 bits per heavy atom. The van der Waals surface area contributed by atoms with Gasteiger partial charge in [-0.15, -0.1) is 0 Å². The molecule has 0 aliphatic carbocycles. The van der Waals surface area contributed by atoms with Crippen LogP contribution in [0.2, 0.25) is 0 Å². The van der Waals surface area contributed by atoms with E-state index in [1.807, 2.05) is 17.9 Å². The van der Waals surface area contributed by atoms with Crippen molar-refractivity contribution in [2.45, 2.75) is 32.4 Å². The first-order valence-corrected chi connectivity index (χ1v) is 9.62. The second-order valence-corrected chi connectivity index (χ2v) is 7.02. The van der Waals surface area contributed by atoms with E-state index in [2.05, 4.69) is 27.3 Å². The topological polar surface area (TPSA) is 66.4 Å². The molecule has 7 nitrogen and oxygen atoms in total. The monoisotopic (exact) mass is 374 g/mol. The fraction of sp³-hybridized carbons (Fsp3) is 0.600. The molecule has 2 aliphatic heterocycles. The normalized spacial score (nSPS) is 20.7. The molecule has 0 saturated carbocycles. The van der Waals surface area contributed by atoms with Crippen LogP contribution < -0.4 is 10.1 Å². The average molecular weight is 374 g/mol. The second kappa shape index (κ2) is 9.08. The molecule has 0 aromatic heterocycles. The maximum absolute atomic E-state index is 12.5. The minimum Gasteiger partial charge on any atom is -0.496 e. The van der Waals surface area contributed by atoms with E-state index in [0.717, 1.165) is 43.2 Å². The summed E-state index contributed by atoms with van der Waals surface area (Å²) in [6, 6.07) is 6.17. The SMILES string of the molecule is CN=C(NCc1ccc(OC)c(C)c1)N1CCN(C(=O)C2CCCO2)CC1. The van der Waals surface area contributed by atoms with Crippen LogP contribution in [0.25, 0.3) is 0 Å². The third kappa shape index (κ3) is 4.71. The largest absolute Gasteiger partial charge is 0.496 e. The maximum Gasteiger partial charge on any atom is 0.251 e. The third-order valence-electron chi connectivity index (χ3n) is 5.22. The number of guanidine groups is 1. The van der Waals surface area contributed by atoms with E-state index in [-0.39, 0.29) is 12.0 Å². The molecule has 2 aliphatic rings. The number of nitrogens with zero attached hydrogens (tertiary/aromatic N) is 3. The summed E-state index contributed by atoms with van der Waals surface area (Å²) in [6.45, 7) is 6.42. The number of amides is 1. The zero-order chi connectivity index (χ0) is 19.2. The summed E-state index contributed by atoms with van der Waals surface area (Å²) < 4.78 is 10.8. The molecule has 1 unspecified atom stereocenters. The van der Waals surface area contributed by atoms with E-state index in [9.17, 15) is 4.79 Å². The van der Waals surface area contributed by atoms with Crippen molar-refractivity contribution in [3.05, 3.63) is 29.3 Å². The lowest BCUT2D eigenvalue weighted by molar-refractivity contribution is -0.142. The minimum absolute atomic E-state index is 0.142. The lowest BCUT2D eigenvalue weighted by Gasteiger charge is -2.37. The van der Waals surface area contributed by atoms with Crippen LogP contribution in [0.15, 0.2) is 23.2 Å². The van der Waals surface area contributed by atoms with Gasteiger partial charge < -0.3 is 24.6 Å². The van der Waals surface area contributed by atoms with Gasteiger partial charge in [-0.3, -0.25) is 9.79 Å². The van der Waals surface area contributed by atoms with Crippen molar-refractivity contribution < 1.29 is 14.3 Å². The number of methoxy groups -OCH3 is 1. The molecule has 1 aromatic carbocycles. The predicted molar refractivity (Wildman–Crippen MR) is 105 cm³/mol. The molecule has 3 rings (SSSR count). The first-order valence-electron chi connectivity index (χ1n) is 9.62. The standard InChI is InChI=1S/C20H30N4O3/c1-15-13-16(6-7-17(15)26-3)14-22-20(21-2)24-10-8-23(9-11-24)19(25)18-5-4-12-27-18/h6-7,13,18H,4-5,8-12,14H2,1-3H3,(H,21,22). The van der Waals surface area contributed by atoms with E-state index in [1.54, 1.807) is 14.2 Å². The van der Waals surface area contributed by atoms with Gasteiger partial charge in [-0.1, -0.05) is 12.1 Å². The molecule has 148 valence electrons. The lowest BCUT2D eigenvalue weighted by Crippen LogP contribution is -2.55. The van der Waals surface area contributed by atoms with Crippen molar-refractivity contribution in [2.75, 3.05) is 46.9 Å². The quantitative estimate of drug-likeness (QED) is 0.638. The molecular formula is C20H30N4O3. The number of rotatable bonds is 4. The van der Waals surface area contributed by atoms with Gasteiger partial charge in [-0.2, -0.15) is 0 Å². The summed E-state index contributed by atoms with van der Waals surface area (Å²) in [6.07, 6.45) is 1.61. The fourth-order valence-corrected chi connectivity index (χ4v) is 3.68. The van der Waals surface area contributed by atoms with Gasteiger partial charge >= 0.3 is 0 Å². The number of carbonyl (C=O) groups is 1. The Bertz CT molecular complexity index is 678. The zero-order valence-corrected chi connectivity index (χ0v) is 16.5. The van der Waals surface area contributed by atoms with Crippen LogP contribution in [0.5, 0.6) is 5.75 Å². The molecule has 1 N–H and O–H groups in total. The Balaban J connectivity index is 1.50. The number of nitrogens with one attached hydrogen (secondary N) is 1. The molecule has 7 heteroatoms. The molecular weight excluding hydrogens is 344 g/mol. The average Bonchev–Trinajstić information content (AvgIpc) is 3.23. The van der Waals surface area contributed by atoms with Gasteiger partial charge in [0.1, 0.15) is 11.9 Å². The lowest BCUT2D eigenvalue weighted by atomic mass is 10.1. The zero-order valence-electron chi connectivity index (χ0n) is 16.5. The van der Waals surface area contributed by atoms with Crippen LogP contribution in [-0.4, -0.2) is 74.7 Å². The van der Waals surface area contributed by atoms with Gasteiger partial charge in [0.2, 0.25) is 0 Å². The van der Waals surface area contributed by atoms with Crippen molar-refractivity contribution in [1.29, 1.82) is 0 Å². The first-order chi connectivity index (χ1) is 13.1. The molecule has 2 fully saturated rings. The molecule has 2 saturated heterocycles. The van der Waals surface area contributed by atoms with Gasteiger partial charge in [0.15, 0.2) is 5.96 Å². The Kier molecular flexibility index (Phi) is 6.55. The van der Waals surface area contributed by atoms with Crippen LogP contribution in [0.1, 0.15) is 24.0 Å². The van der Waals surface area contributed by atoms with Crippen LogP contribution in [0, 0.1) is 6.92 Å². The van der Waals surface area contributed by atoms with Crippen LogP contribution in [-0.2, 0) is 16.1 Å². The van der Waals surface area contributed by atoms with E-state index >= 15 is 0 Å². The highest BCUT2D eigenvalue weighted by molar-refractivity contribution is 5.82. The van der Waals surface area contributed by atoms with Gasteiger partial charge in [-0.05, 0) is 37.0 Å². The van der Waals surface area contributed by atoms with E-state index in [4.69, 9.17) is 9.47 Å². The van der Waals surface area contributed by atoms with Crippen LogP contribution in [0.3, 0.4) is 0 Å². The summed E-state index contributed by atoms with van der Waals surface area (Å²) in [7, 11) is 3.48. The molecule has 1 aromatic rings. The number of aliphatic imine (C=N–C) groups is 1. The number of ether oxygens (including phenoxy) is 2. The summed E-state index contributed by atoms with van der Waals surface area (Å²) in [5.41, 5.74) is 2.30. The highest BCUT2D eigenvalue weighted by Gasteiger charge is 2.30. The highest BCUT2D eigenvalue weighted by atomic mass is 16.5. The first kappa shape index (κ1) is 19.5. The summed E-state index contributed by atoms with van der Waals surface area (Å²) in [5, 5.41) is 3.43. The van der Waals surface area contributed by atoms with E-state index < -0.39 is 0 Å². The smallest absolute Gasteiger partial charge is 0.251 e. The second-order valence-electron chi connectivity index (χ2n) is 7.02. The van der Waals surface area contributed by atoms with Gasteiger partial charge in [-0.25, -0.2) is 0 Å². The summed E-state index contributed by atoms with van der Waals surface area (Å²) in [4.78, 5) is 21.0. The number of aryl methyl sites for hydroxylation is 1. The van der Waals surface area contributed by atoms with Crippen LogP contribution >= 0.6 is 0 Å². The Hall–Kier alpha value is -2.28. The molecule has 1 atom stereocenters. The molecule has 27 heavy (non-hydrogen) atoms. The fourth-order valence-electron chi connectivity index (χ4n) is 3.68. The van der Waals surface area contributed by atoms with Gasteiger partial charge in [0.25, 0.3) is 5.91 Å². The summed E-state index contributed by atoms with van der Waals surface area (Å²) >= 11 is 0. The van der Waals surface area contributed by atoms with Gasteiger partial charge in [0.05, 0.1) is 7.11 Å². The number of hydrogen-bond acceptors (Lipinski definition) is 4. The molecule has 2 heterocycles. The minimum atomic E-state index is -0.229. The summed E-state index contributed by atoms with van der Waals surface area (Å²) in [5.74, 6) is 1.91. The van der Waals surface area contributed by atoms with Crippen molar-refractivity contribution in [3.63, 3.8) is 0 Å². The molecule has 1 amide bonds. The highest BCUT2D eigenvalue weighted by Crippen LogP contribution is 2.19. The van der Waals surface area contributed by atoms with Crippen molar-refractivity contribution in [3.8, 4) is 5.75 Å². The number of carbonyl (C=O) groups excluding carboxylic acids is 1. The number of benzene rings is 1. The maximum atomic E-state index is 12.5. The van der Waals surface area contributed by atoms with Crippen LogP contribution in [0.4, 0.5) is 0 Å². The van der Waals surface area contributed by atoms with E-state index in [0.29, 0.717) is 26.2 Å². The number of piperazine rings is 1. The number of hydrogen-bond donors (Lipinski definition) is 1. The van der Waals surface area contributed by atoms with Crippen molar-refractivity contribution in [1.82, 2.24) is 15.1 Å². The third-order valence-corrected chi connectivity index (χ3v) is 5.22. The van der Waals surface area contributed by atoms with Crippen molar-refractivity contribution >= 4 is 11.9 Å². The predicted octanol–water partition coefficient (Wildman–Crippen LogP) is 1.40. The Labute approximate surface area is 161 Å². The molecule has 0 bridgehead atoms.